The molecule has 0 saturated carbocycles. The third kappa shape index (κ3) is 3.66. The fourth-order valence-corrected chi connectivity index (χ4v) is 1.84. The molecular weight excluding hydrogens is 242 g/mol. The van der Waals surface area contributed by atoms with Gasteiger partial charge in [0.25, 0.3) is 5.91 Å². The number of hydrogen-bond acceptors (Lipinski definition) is 3. The SMILES string of the molecule is CO[C@@H](C(=O)NCCn1cccn1)c1ccccc1. The van der Waals surface area contributed by atoms with Crippen molar-refractivity contribution in [1.82, 2.24) is 15.1 Å². The van der Waals surface area contributed by atoms with Crippen LogP contribution < -0.4 is 5.32 Å². The average Bonchev–Trinajstić information content (AvgIpc) is 2.94. The Kier molecular flexibility index (Phi) is 4.69. The number of ether oxygens (including phenoxy) is 1. The van der Waals surface area contributed by atoms with Crippen molar-refractivity contribution in [2.24, 2.45) is 0 Å². The lowest BCUT2D eigenvalue weighted by molar-refractivity contribution is -0.131. The van der Waals surface area contributed by atoms with E-state index < -0.39 is 6.10 Å². The Morgan fingerprint density at radius 2 is 2.16 bits per heavy atom. The van der Waals surface area contributed by atoms with Crippen LogP contribution in [0.15, 0.2) is 48.8 Å². The smallest absolute Gasteiger partial charge is 0.253 e. The van der Waals surface area contributed by atoms with Gasteiger partial charge < -0.3 is 10.1 Å². The van der Waals surface area contributed by atoms with Gasteiger partial charge in [0.05, 0.1) is 6.54 Å². The number of hydrogen-bond donors (Lipinski definition) is 1. The summed E-state index contributed by atoms with van der Waals surface area (Å²) in [5.41, 5.74) is 0.849. The first kappa shape index (κ1) is 13.3. The van der Waals surface area contributed by atoms with Gasteiger partial charge in [-0.1, -0.05) is 30.3 Å². The molecule has 0 aliphatic rings. The molecule has 0 aliphatic heterocycles. The Hall–Kier alpha value is -2.14. The van der Waals surface area contributed by atoms with E-state index >= 15 is 0 Å². The molecule has 0 radical (unpaired) electrons. The first-order valence-corrected chi connectivity index (χ1v) is 6.14. The number of carbonyl (C=O) groups excluding carboxylic acids is 1. The normalized spacial score (nSPS) is 12.1. The molecule has 2 aromatic rings. The summed E-state index contributed by atoms with van der Waals surface area (Å²) in [5.74, 6) is -0.138. The van der Waals surface area contributed by atoms with E-state index in [2.05, 4.69) is 10.4 Å². The van der Waals surface area contributed by atoms with Gasteiger partial charge >= 0.3 is 0 Å². The number of nitrogens with zero attached hydrogens (tertiary/aromatic N) is 2. The van der Waals surface area contributed by atoms with Gasteiger partial charge in [0.15, 0.2) is 6.10 Å². The minimum absolute atomic E-state index is 0.138. The molecule has 19 heavy (non-hydrogen) atoms. The number of benzene rings is 1. The minimum atomic E-state index is -0.571. The number of amides is 1. The zero-order valence-electron chi connectivity index (χ0n) is 10.8. The second-order valence-corrected chi connectivity index (χ2v) is 4.09. The lowest BCUT2D eigenvalue weighted by Gasteiger charge is -2.15. The van der Waals surface area contributed by atoms with E-state index in [-0.39, 0.29) is 5.91 Å². The molecule has 1 N–H and O–H groups in total. The van der Waals surface area contributed by atoms with Gasteiger partial charge in [-0.25, -0.2) is 0 Å². The fourth-order valence-electron chi connectivity index (χ4n) is 1.84. The van der Waals surface area contributed by atoms with Crippen LogP contribution >= 0.6 is 0 Å². The Bertz CT molecular complexity index is 497. The first-order valence-electron chi connectivity index (χ1n) is 6.14. The monoisotopic (exact) mass is 259 g/mol. The number of nitrogens with one attached hydrogen (secondary N) is 1. The van der Waals surface area contributed by atoms with E-state index in [1.165, 1.54) is 7.11 Å². The summed E-state index contributed by atoms with van der Waals surface area (Å²) in [4.78, 5) is 12.0. The van der Waals surface area contributed by atoms with Crippen molar-refractivity contribution in [1.29, 1.82) is 0 Å². The quantitative estimate of drug-likeness (QED) is 0.853. The highest BCUT2D eigenvalue weighted by molar-refractivity contribution is 5.82. The predicted octanol–water partition coefficient (Wildman–Crippen LogP) is 1.39. The van der Waals surface area contributed by atoms with Crippen LogP contribution in [0.5, 0.6) is 0 Å². The molecule has 0 spiro atoms. The van der Waals surface area contributed by atoms with Gasteiger partial charge in [-0.3, -0.25) is 9.48 Å². The van der Waals surface area contributed by atoms with E-state index in [9.17, 15) is 4.79 Å². The molecular formula is C14H17N3O2. The number of rotatable bonds is 6. The van der Waals surface area contributed by atoms with Crippen molar-refractivity contribution in [3.8, 4) is 0 Å². The van der Waals surface area contributed by atoms with Crippen molar-refractivity contribution in [3.63, 3.8) is 0 Å². The molecule has 1 aromatic heterocycles. The lowest BCUT2D eigenvalue weighted by Crippen LogP contribution is -2.32. The Balaban J connectivity index is 1.87. The van der Waals surface area contributed by atoms with E-state index in [4.69, 9.17) is 4.74 Å². The highest BCUT2D eigenvalue weighted by Crippen LogP contribution is 2.15. The van der Waals surface area contributed by atoms with Crippen LogP contribution in [0.3, 0.4) is 0 Å². The van der Waals surface area contributed by atoms with Crippen molar-refractivity contribution in [2.45, 2.75) is 12.6 Å². The van der Waals surface area contributed by atoms with E-state index in [0.717, 1.165) is 5.56 Å². The van der Waals surface area contributed by atoms with Gasteiger partial charge in [-0.2, -0.15) is 5.10 Å². The second-order valence-electron chi connectivity index (χ2n) is 4.09. The van der Waals surface area contributed by atoms with Crippen molar-refractivity contribution >= 4 is 5.91 Å². The zero-order chi connectivity index (χ0) is 13.5. The third-order valence-electron chi connectivity index (χ3n) is 2.78. The first-order chi connectivity index (χ1) is 9.31. The van der Waals surface area contributed by atoms with Crippen LogP contribution in [0.2, 0.25) is 0 Å². The minimum Gasteiger partial charge on any atom is -0.367 e. The van der Waals surface area contributed by atoms with E-state index in [1.807, 2.05) is 42.6 Å². The van der Waals surface area contributed by atoms with Crippen molar-refractivity contribution in [3.05, 3.63) is 54.4 Å². The molecule has 1 heterocycles. The zero-order valence-corrected chi connectivity index (χ0v) is 10.8. The average molecular weight is 259 g/mol. The number of methoxy groups -OCH3 is 1. The van der Waals surface area contributed by atoms with Crippen LogP contribution in [-0.4, -0.2) is 29.3 Å². The van der Waals surface area contributed by atoms with Crippen LogP contribution in [0.25, 0.3) is 0 Å². The maximum absolute atomic E-state index is 12.0. The molecule has 0 unspecified atom stereocenters. The Morgan fingerprint density at radius 1 is 1.37 bits per heavy atom. The fraction of sp³-hybridized carbons (Fsp3) is 0.286. The summed E-state index contributed by atoms with van der Waals surface area (Å²) >= 11 is 0. The summed E-state index contributed by atoms with van der Waals surface area (Å²) in [6, 6.07) is 11.3. The molecule has 2 rings (SSSR count). The largest absolute Gasteiger partial charge is 0.367 e. The van der Waals surface area contributed by atoms with Gasteiger partial charge in [0, 0.05) is 26.0 Å². The van der Waals surface area contributed by atoms with Gasteiger partial charge in [0.1, 0.15) is 0 Å². The standard InChI is InChI=1S/C14H17N3O2/c1-19-13(12-6-3-2-4-7-12)14(18)15-9-11-17-10-5-8-16-17/h2-8,10,13H,9,11H2,1H3,(H,15,18)/t13-/m1/s1. The molecule has 0 bridgehead atoms. The van der Waals surface area contributed by atoms with E-state index in [0.29, 0.717) is 13.1 Å². The van der Waals surface area contributed by atoms with Crippen LogP contribution in [0.4, 0.5) is 0 Å². The molecule has 1 atom stereocenters. The molecule has 0 saturated heterocycles. The summed E-state index contributed by atoms with van der Waals surface area (Å²) in [5, 5.41) is 6.92. The lowest BCUT2D eigenvalue weighted by atomic mass is 10.1. The van der Waals surface area contributed by atoms with Crippen LogP contribution in [0.1, 0.15) is 11.7 Å². The molecule has 5 nitrogen and oxygen atoms in total. The summed E-state index contributed by atoms with van der Waals surface area (Å²) in [7, 11) is 1.53. The Labute approximate surface area is 112 Å². The highest BCUT2D eigenvalue weighted by atomic mass is 16.5. The van der Waals surface area contributed by atoms with Crippen molar-refractivity contribution < 1.29 is 9.53 Å². The molecule has 100 valence electrons. The molecule has 0 fully saturated rings. The molecule has 1 amide bonds. The predicted molar refractivity (Wildman–Crippen MR) is 71.4 cm³/mol. The van der Waals surface area contributed by atoms with Crippen LogP contribution in [-0.2, 0) is 16.1 Å². The summed E-state index contributed by atoms with van der Waals surface area (Å²) in [6.45, 7) is 1.16. The molecule has 1 aromatic carbocycles. The highest BCUT2D eigenvalue weighted by Gasteiger charge is 2.18. The number of carbonyl (C=O) groups is 1. The summed E-state index contributed by atoms with van der Waals surface area (Å²) < 4.78 is 7.02. The molecule has 0 aliphatic carbocycles. The van der Waals surface area contributed by atoms with Gasteiger partial charge in [-0.05, 0) is 11.6 Å². The third-order valence-corrected chi connectivity index (χ3v) is 2.78. The van der Waals surface area contributed by atoms with Crippen molar-refractivity contribution in [2.75, 3.05) is 13.7 Å². The molecule has 5 heteroatoms. The van der Waals surface area contributed by atoms with E-state index in [1.54, 1.807) is 10.9 Å². The second kappa shape index (κ2) is 6.70. The summed E-state index contributed by atoms with van der Waals surface area (Å²) in [6.07, 6.45) is 3.00. The maximum atomic E-state index is 12.0. The topological polar surface area (TPSA) is 56.1 Å². The Morgan fingerprint density at radius 3 is 2.79 bits per heavy atom. The maximum Gasteiger partial charge on any atom is 0.253 e. The van der Waals surface area contributed by atoms with Crippen LogP contribution in [0, 0.1) is 0 Å². The van der Waals surface area contributed by atoms with Gasteiger partial charge in [-0.15, -0.1) is 0 Å². The van der Waals surface area contributed by atoms with Gasteiger partial charge in [0.2, 0.25) is 0 Å². The number of aromatic nitrogens is 2.